The van der Waals surface area contributed by atoms with E-state index in [-0.39, 0.29) is 17.9 Å². The molecule has 2 aromatic carbocycles. The maximum atomic E-state index is 12.4. The zero-order chi connectivity index (χ0) is 19.9. The molecule has 0 aliphatic carbocycles. The molecule has 0 saturated heterocycles. The van der Waals surface area contributed by atoms with Gasteiger partial charge in [-0.3, -0.25) is 0 Å². The highest BCUT2D eigenvalue weighted by Gasteiger charge is 2.33. The van der Waals surface area contributed by atoms with Crippen molar-refractivity contribution in [1.82, 2.24) is 0 Å². The Labute approximate surface area is 168 Å². The first-order chi connectivity index (χ1) is 13.6. The summed E-state index contributed by atoms with van der Waals surface area (Å²) >= 11 is 1.24. The summed E-state index contributed by atoms with van der Waals surface area (Å²) in [6, 6.07) is 16.8. The Morgan fingerprint density at radius 1 is 1.07 bits per heavy atom. The standard InChI is InChI=1S/C22H21NO4S/c1-3-26-17-12-10-15(11-13-17)14-18-20(24)19(22(25)27-4-2)21(28-18)23-16-8-6-5-7-9-16/h5-14,24H,3-4H2,1-2H3/b18-14-,23-21?. The Morgan fingerprint density at radius 2 is 1.79 bits per heavy atom. The number of ether oxygens (including phenoxy) is 2. The number of aliphatic hydroxyl groups is 1. The van der Waals surface area contributed by atoms with Crippen LogP contribution in [0.25, 0.3) is 6.08 Å². The van der Waals surface area contributed by atoms with Crippen molar-refractivity contribution in [2.75, 3.05) is 13.2 Å². The fourth-order valence-corrected chi connectivity index (χ4v) is 3.63. The molecule has 144 valence electrons. The second kappa shape index (κ2) is 9.28. The molecule has 1 N–H and O–H groups in total. The normalized spacial score (nSPS) is 16.6. The second-order valence-corrected chi connectivity index (χ2v) is 6.84. The van der Waals surface area contributed by atoms with Gasteiger partial charge in [0.2, 0.25) is 0 Å². The number of hydrogen-bond acceptors (Lipinski definition) is 6. The topological polar surface area (TPSA) is 68.1 Å². The summed E-state index contributed by atoms with van der Waals surface area (Å²) in [6.07, 6.45) is 1.81. The first kappa shape index (κ1) is 19.8. The maximum Gasteiger partial charge on any atom is 0.344 e. The predicted octanol–water partition coefficient (Wildman–Crippen LogP) is 5.28. The van der Waals surface area contributed by atoms with Crippen LogP contribution in [0.2, 0.25) is 0 Å². The number of aliphatic imine (C=N–C) groups is 1. The number of carbonyl (C=O) groups is 1. The number of hydrogen-bond donors (Lipinski definition) is 1. The third kappa shape index (κ3) is 4.64. The fourth-order valence-electron chi connectivity index (χ4n) is 2.59. The minimum atomic E-state index is -0.586. The molecule has 1 heterocycles. The van der Waals surface area contributed by atoms with Gasteiger partial charge >= 0.3 is 5.97 Å². The minimum absolute atomic E-state index is 0.0906. The summed E-state index contributed by atoms with van der Waals surface area (Å²) < 4.78 is 10.6. The third-order valence-electron chi connectivity index (χ3n) is 3.85. The summed E-state index contributed by atoms with van der Waals surface area (Å²) in [5.74, 6) is 0.0753. The van der Waals surface area contributed by atoms with E-state index < -0.39 is 5.97 Å². The summed E-state index contributed by atoms with van der Waals surface area (Å²) in [5.41, 5.74) is 1.66. The second-order valence-electron chi connectivity index (χ2n) is 5.81. The van der Waals surface area contributed by atoms with Gasteiger partial charge in [0, 0.05) is 0 Å². The molecule has 0 unspecified atom stereocenters. The van der Waals surface area contributed by atoms with Crippen LogP contribution >= 0.6 is 11.8 Å². The molecule has 0 radical (unpaired) electrons. The quantitative estimate of drug-likeness (QED) is 0.674. The van der Waals surface area contributed by atoms with Crippen LogP contribution in [0.1, 0.15) is 19.4 Å². The van der Waals surface area contributed by atoms with Crippen LogP contribution in [0, 0.1) is 0 Å². The molecule has 0 bridgehead atoms. The lowest BCUT2D eigenvalue weighted by atomic mass is 10.1. The molecule has 0 amide bonds. The molecule has 6 heteroatoms. The molecular formula is C22H21NO4S. The van der Waals surface area contributed by atoms with E-state index in [0.29, 0.717) is 22.2 Å². The fraction of sp³-hybridized carbons (Fsp3) is 0.182. The van der Waals surface area contributed by atoms with Gasteiger partial charge in [-0.15, -0.1) is 0 Å². The molecular weight excluding hydrogens is 374 g/mol. The summed E-state index contributed by atoms with van der Waals surface area (Å²) in [7, 11) is 0. The van der Waals surface area contributed by atoms with Crippen molar-refractivity contribution in [3.63, 3.8) is 0 Å². The van der Waals surface area contributed by atoms with E-state index >= 15 is 0 Å². The van der Waals surface area contributed by atoms with Gasteiger partial charge in [0.25, 0.3) is 0 Å². The van der Waals surface area contributed by atoms with E-state index in [2.05, 4.69) is 4.99 Å². The van der Waals surface area contributed by atoms with Crippen LogP contribution < -0.4 is 4.74 Å². The molecule has 0 aromatic heterocycles. The van der Waals surface area contributed by atoms with Gasteiger partial charge in [-0.25, -0.2) is 9.79 Å². The van der Waals surface area contributed by atoms with E-state index in [0.717, 1.165) is 11.3 Å². The van der Waals surface area contributed by atoms with Crippen molar-refractivity contribution in [1.29, 1.82) is 0 Å². The lowest BCUT2D eigenvalue weighted by Crippen LogP contribution is -2.12. The van der Waals surface area contributed by atoms with E-state index in [1.54, 1.807) is 6.92 Å². The van der Waals surface area contributed by atoms with Crippen LogP contribution in [0.15, 0.2) is 75.8 Å². The average Bonchev–Trinajstić information content (AvgIpc) is 2.99. The molecule has 1 aliphatic rings. The zero-order valence-corrected chi connectivity index (χ0v) is 16.5. The largest absolute Gasteiger partial charge is 0.506 e. The van der Waals surface area contributed by atoms with Gasteiger partial charge in [-0.1, -0.05) is 42.1 Å². The monoisotopic (exact) mass is 395 g/mol. The highest BCUT2D eigenvalue weighted by Crippen LogP contribution is 2.40. The lowest BCUT2D eigenvalue weighted by Gasteiger charge is -2.03. The average molecular weight is 395 g/mol. The van der Waals surface area contributed by atoms with Gasteiger partial charge in [0.1, 0.15) is 22.1 Å². The minimum Gasteiger partial charge on any atom is -0.506 e. The molecule has 5 nitrogen and oxygen atoms in total. The highest BCUT2D eigenvalue weighted by atomic mass is 32.2. The van der Waals surface area contributed by atoms with Crippen molar-refractivity contribution in [2.45, 2.75) is 13.8 Å². The van der Waals surface area contributed by atoms with Crippen molar-refractivity contribution in [2.24, 2.45) is 4.99 Å². The number of esters is 1. The smallest absolute Gasteiger partial charge is 0.344 e. The number of benzene rings is 2. The van der Waals surface area contributed by atoms with Crippen LogP contribution in [0.5, 0.6) is 5.75 Å². The Kier molecular flexibility index (Phi) is 6.55. The number of aliphatic hydroxyl groups excluding tert-OH is 1. The Hall–Kier alpha value is -2.99. The molecule has 0 fully saturated rings. The van der Waals surface area contributed by atoms with Crippen molar-refractivity contribution < 1.29 is 19.4 Å². The first-order valence-corrected chi connectivity index (χ1v) is 9.81. The number of thioether (sulfide) groups is 1. The van der Waals surface area contributed by atoms with Crippen LogP contribution in [-0.4, -0.2) is 29.3 Å². The van der Waals surface area contributed by atoms with Gasteiger partial charge in [-0.05, 0) is 49.8 Å². The summed E-state index contributed by atoms with van der Waals surface area (Å²) in [6.45, 7) is 4.47. The van der Waals surface area contributed by atoms with Gasteiger partial charge in [0.05, 0.1) is 23.8 Å². The molecule has 0 saturated carbocycles. The Morgan fingerprint density at radius 3 is 2.43 bits per heavy atom. The highest BCUT2D eigenvalue weighted by molar-refractivity contribution is 8.18. The SMILES string of the molecule is CCOC(=O)C1=C(O)/C(=C/c2ccc(OCC)cc2)SC1=Nc1ccccc1. The Bertz CT molecular complexity index is 931. The van der Waals surface area contributed by atoms with Crippen molar-refractivity contribution >= 4 is 34.5 Å². The van der Waals surface area contributed by atoms with Gasteiger partial charge in [-0.2, -0.15) is 0 Å². The van der Waals surface area contributed by atoms with Crippen LogP contribution in [0.4, 0.5) is 5.69 Å². The molecule has 1 aliphatic heterocycles. The molecule has 0 atom stereocenters. The lowest BCUT2D eigenvalue weighted by molar-refractivity contribution is -0.138. The van der Waals surface area contributed by atoms with Crippen LogP contribution in [-0.2, 0) is 9.53 Å². The van der Waals surface area contributed by atoms with Gasteiger partial charge in [0.15, 0.2) is 0 Å². The maximum absolute atomic E-state index is 12.4. The van der Waals surface area contributed by atoms with E-state index in [1.807, 2.05) is 67.6 Å². The number of rotatable bonds is 6. The van der Waals surface area contributed by atoms with Crippen LogP contribution in [0.3, 0.4) is 0 Å². The zero-order valence-electron chi connectivity index (χ0n) is 15.7. The van der Waals surface area contributed by atoms with Crippen molar-refractivity contribution in [3.8, 4) is 5.75 Å². The molecule has 3 rings (SSSR count). The van der Waals surface area contributed by atoms with Crippen molar-refractivity contribution in [3.05, 3.63) is 76.4 Å². The molecule has 0 spiro atoms. The van der Waals surface area contributed by atoms with E-state index in [4.69, 9.17) is 9.47 Å². The predicted molar refractivity (Wildman–Crippen MR) is 113 cm³/mol. The van der Waals surface area contributed by atoms with E-state index in [1.165, 1.54) is 11.8 Å². The third-order valence-corrected chi connectivity index (χ3v) is 4.87. The molecule has 2 aromatic rings. The Balaban J connectivity index is 1.96. The number of para-hydroxylation sites is 1. The number of carbonyl (C=O) groups excluding carboxylic acids is 1. The summed E-state index contributed by atoms with van der Waals surface area (Å²) in [5, 5.41) is 11.1. The number of nitrogens with zero attached hydrogens (tertiary/aromatic N) is 1. The molecule has 28 heavy (non-hydrogen) atoms. The summed E-state index contributed by atoms with van der Waals surface area (Å²) in [4.78, 5) is 17.5. The van der Waals surface area contributed by atoms with Gasteiger partial charge < -0.3 is 14.6 Å². The first-order valence-electron chi connectivity index (χ1n) is 8.99. The van der Waals surface area contributed by atoms with E-state index in [9.17, 15) is 9.90 Å².